The normalized spacial score (nSPS) is 14.2. The van der Waals surface area contributed by atoms with E-state index in [0.717, 1.165) is 36.3 Å². The first-order valence-electron chi connectivity index (χ1n) is 11.4. The number of halogens is 2. The van der Waals surface area contributed by atoms with Crippen molar-refractivity contribution in [3.63, 3.8) is 0 Å². The molecule has 0 N–H and O–H groups in total. The van der Waals surface area contributed by atoms with Crippen LogP contribution in [0.4, 0.5) is 0 Å². The zero-order valence-electron chi connectivity index (χ0n) is 18.8. The van der Waals surface area contributed by atoms with Crippen molar-refractivity contribution >= 4 is 31.9 Å². The van der Waals surface area contributed by atoms with E-state index in [0.29, 0.717) is 13.6 Å². The molecule has 0 heterocycles. The molecule has 2 atom stereocenters. The number of hydrogen-bond acceptors (Lipinski definition) is 3. The molecule has 3 nitrogen and oxygen atoms in total. The highest BCUT2D eigenvalue weighted by atomic mass is 79.9. The van der Waals surface area contributed by atoms with Gasteiger partial charge in [-0.15, -0.1) is 0 Å². The van der Waals surface area contributed by atoms with Crippen LogP contribution < -0.4 is 0 Å². The summed E-state index contributed by atoms with van der Waals surface area (Å²) in [5, 5.41) is 2.24. The molecule has 0 aliphatic heterocycles. The maximum Gasteiger partial charge on any atom is 0.149 e. The molecule has 0 saturated heterocycles. The molecule has 0 spiro atoms. The van der Waals surface area contributed by atoms with Crippen LogP contribution in [0.3, 0.4) is 0 Å². The molecule has 172 valence electrons. The smallest absolute Gasteiger partial charge is 0.149 e. The van der Waals surface area contributed by atoms with E-state index < -0.39 is 0 Å². The molecule has 0 aromatic heterocycles. The zero-order valence-corrected chi connectivity index (χ0v) is 21.9. The minimum Gasteiger partial charge on any atom is -0.352 e. The fourth-order valence-electron chi connectivity index (χ4n) is 2.73. The van der Waals surface area contributed by atoms with Crippen LogP contribution in [0, 0.1) is 0 Å². The van der Waals surface area contributed by atoms with Gasteiger partial charge < -0.3 is 14.2 Å². The number of alkyl halides is 2. The summed E-state index contributed by atoms with van der Waals surface area (Å²) >= 11 is 6.93. The summed E-state index contributed by atoms with van der Waals surface area (Å²) in [5.74, 6) is 0. The summed E-state index contributed by atoms with van der Waals surface area (Å²) in [6, 6.07) is 0. The Bertz CT molecular complexity index is 341. The average molecular weight is 540 g/mol. The van der Waals surface area contributed by atoms with Crippen LogP contribution in [0.2, 0.25) is 0 Å². The topological polar surface area (TPSA) is 27.7 Å². The molecular formula is C24H44Br2O3. The third-order valence-corrected chi connectivity index (χ3v) is 5.82. The van der Waals surface area contributed by atoms with Crippen LogP contribution in [0.25, 0.3) is 0 Å². The van der Waals surface area contributed by atoms with Crippen LogP contribution in [0.15, 0.2) is 24.3 Å². The molecule has 0 aromatic carbocycles. The SMILES string of the molecule is CC(CCC=CCCCCCBr)OCOCOC(C)CCC=CCCCCCBr. The van der Waals surface area contributed by atoms with Crippen LogP contribution in [0.5, 0.6) is 0 Å². The first-order chi connectivity index (χ1) is 14.2. The fraction of sp³-hybridized carbons (Fsp3) is 0.833. The van der Waals surface area contributed by atoms with Gasteiger partial charge in [0.1, 0.15) is 13.6 Å². The Morgan fingerprint density at radius 2 is 1.00 bits per heavy atom. The van der Waals surface area contributed by atoms with Crippen molar-refractivity contribution in [2.75, 3.05) is 24.2 Å². The van der Waals surface area contributed by atoms with Gasteiger partial charge in [-0.3, -0.25) is 0 Å². The van der Waals surface area contributed by atoms with Gasteiger partial charge >= 0.3 is 0 Å². The zero-order chi connectivity index (χ0) is 21.4. The van der Waals surface area contributed by atoms with Gasteiger partial charge in [-0.2, -0.15) is 0 Å². The van der Waals surface area contributed by atoms with Gasteiger partial charge in [-0.1, -0.05) is 69.0 Å². The minimum absolute atomic E-state index is 0.213. The molecule has 0 aliphatic carbocycles. The Balaban J connectivity index is 3.40. The Morgan fingerprint density at radius 3 is 1.41 bits per heavy atom. The molecule has 0 amide bonds. The van der Waals surface area contributed by atoms with Crippen LogP contribution in [-0.2, 0) is 14.2 Å². The maximum atomic E-state index is 5.68. The maximum absolute atomic E-state index is 5.68. The summed E-state index contributed by atoms with van der Waals surface area (Å²) in [5.41, 5.74) is 0. The second-order valence-corrected chi connectivity index (χ2v) is 9.15. The average Bonchev–Trinajstić information content (AvgIpc) is 2.71. The lowest BCUT2D eigenvalue weighted by Gasteiger charge is -2.14. The van der Waals surface area contributed by atoms with Gasteiger partial charge in [0, 0.05) is 10.7 Å². The van der Waals surface area contributed by atoms with Gasteiger partial charge in [0.15, 0.2) is 0 Å². The third kappa shape index (κ3) is 24.5. The van der Waals surface area contributed by atoms with E-state index in [-0.39, 0.29) is 12.2 Å². The first kappa shape index (κ1) is 29.3. The standard InChI is InChI=1S/C24H44Br2O3/c1-23(17-13-9-5-3-7-11-15-19-25)28-21-27-22-29-24(2)18-14-10-6-4-8-12-16-20-26/h5-6,9-10,23-24H,3-4,7-8,11-22H2,1-2H3. The summed E-state index contributed by atoms with van der Waals surface area (Å²) in [7, 11) is 0. The molecule has 29 heavy (non-hydrogen) atoms. The number of ether oxygens (including phenoxy) is 3. The van der Waals surface area contributed by atoms with Crippen LogP contribution in [-0.4, -0.2) is 36.5 Å². The highest BCUT2D eigenvalue weighted by Crippen LogP contribution is 2.08. The van der Waals surface area contributed by atoms with E-state index in [2.05, 4.69) is 70.0 Å². The minimum atomic E-state index is 0.213. The first-order valence-corrected chi connectivity index (χ1v) is 13.7. The van der Waals surface area contributed by atoms with Crippen molar-refractivity contribution in [1.82, 2.24) is 0 Å². The van der Waals surface area contributed by atoms with Gasteiger partial charge in [0.05, 0.1) is 12.2 Å². The van der Waals surface area contributed by atoms with Crippen LogP contribution in [0.1, 0.15) is 90.9 Å². The summed E-state index contributed by atoms with van der Waals surface area (Å²) in [6.07, 6.45) is 23.9. The summed E-state index contributed by atoms with van der Waals surface area (Å²) < 4.78 is 16.8. The highest BCUT2D eigenvalue weighted by molar-refractivity contribution is 9.09. The van der Waals surface area contributed by atoms with E-state index in [1.165, 1.54) is 51.4 Å². The monoisotopic (exact) mass is 538 g/mol. The van der Waals surface area contributed by atoms with Gasteiger partial charge in [0.25, 0.3) is 0 Å². The molecule has 0 aliphatic rings. The molecule has 2 unspecified atom stereocenters. The molecule has 0 saturated carbocycles. The highest BCUT2D eigenvalue weighted by Gasteiger charge is 2.03. The summed E-state index contributed by atoms with van der Waals surface area (Å²) in [4.78, 5) is 0. The second kappa shape index (κ2) is 24.6. The fourth-order valence-corrected chi connectivity index (χ4v) is 3.52. The predicted molar refractivity (Wildman–Crippen MR) is 133 cm³/mol. The lowest BCUT2D eigenvalue weighted by molar-refractivity contribution is -0.160. The summed E-state index contributed by atoms with van der Waals surface area (Å²) in [6.45, 7) is 4.81. The van der Waals surface area contributed by atoms with Crippen molar-refractivity contribution in [3.8, 4) is 0 Å². The molecule has 0 aromatic rings. The third-order valence-electron chi connectivity index (χ3n) is 4.69. The van der Waals surface area contributed by atoms with E-state index in [4.69, 9.17) is 14.2 Å². The molecule has 0 radical (unpaired) electrons. The molecule has 5 heteroatoms. The Labute approximate surface area is 197 Å². The van der Waals surface area contributed by atoms with E-state index in [1.807, 2.05) is 0 Å². The van der Waals surface area contributed by atoms with Crippen molar-refractivity contribution in [3.05, 3.63) is 24.3 Å². The number of unbranched alkanes of at least 4 members (excludes halogenated alkanes) is 6. The van der Waals surface area contributed by atoms with Gasteiger partial charge in [0.2, 0.25) is 0 Å². The number of rotatable bonds is 22. The van der Waals surface area contributed by atoms with Crippen molar-refractivity contribution in [2.24, 2.45) is 0 Å². The molecule has 0 rings (SSSR count). The number of allylic oxidation sites excluding steroid dienone is 4. The number of hydrogen-bond donors (Lipinski definition) is 0. The Kier molecular flexibility index (Phi) is 24.9. The lowest BCUT2D eigenvalue weighted by atomic mass is 10.1. The molecule has 0 fully saturated rings. The largest absolute Gasteiger partial charge is 0.352 e. The quantitative estimate of drug-likeness (QED) is 0.0598. The molecular weight excluding hydrogens is 496 g/mol. The van der Waals surface area contributed by atoms with Crippen molar-refractivity contribution in [2.45, 2.75) is 103 Å². The second-order valence-electron chi connectivity index (χ2n) is 7.57. The van der Waals surface area contributed by atoms with Crippen molar-refractivity contribution in [1.29, 1.82) is 0 Å². The lowest BCUT2D eigenvalue weighted by Crippen LogP contribution is -2.15. The Hall–Kier alpha value is 0.320. The Morgan fingerprint density at radius 1 is 0.586 bits per heavy atom. The van der Waals surface area contributed by atoms with Gasteiger partial charge in [-0.25, -0.2) is 0 Å². The predicted octanol–water partition coefficient (Wildman–Crippen LogP) is 8.31. The van der Waals surface area contributed by atoms with Gasteiger partial charge in [-0.05, 0) is 78.1 Å². The van der Waals surface area contributed by atoms with Crippen molar-refractivity contribution < 1.29 is 14.2 Å². The molecule has 0 bridgehead atoms. The van der Waals surface area contributed by atoms with E-state index >= 15 is 0 Å². The van der Waals surface area contributed by atoms with E-state index in [9.17, 15) is 0 Å². The van der Waals surface area contributed by atoms with E-state index in [1.54, 1.807) is 0 Å². The van der Waals surface area contributed by atoms with Crippen LogP contribution >= 0.6 is 31.9 Å².